The second kappa shape index (κ2) is 10.8. The van der Waals surface area contributed by atoms with Gasteiger partial charge < -0.3 is 9.47 Å². The standard InChI is InChI=1S/C20H25Cl2NO5S2/c1-20(2,18-7-8-19(29-18)27-10-4-9-21)14-5-6-17(16(22)11-14)28-13-15(24)12-23-30(3,25)26/h5-8,11,23H,4,9-10,12-13H2,1-3H3. The first-order valence-corrected chi connectivity index (χ1v) is 12.8. The van der Waals surface area contributed by atoms with Crippen LogP contribution in [0, 0.1) is 0 Å². The predicted octanol–water partition coefficient (Wildman–Crippen LogP) is 4.23. The molecule has 0 aliphatic heterocycles. The van der Waals surface area contributed by atoms with Gasteiger partial charge in [-0.1, -0.05) is 31.5 Å². The van der Waals surface area contributed by atoms with Crippen LogP contribution >= 0.6 is 34.5 Å². The zero-order valence-corrected chi connectivity index (χ0v) is 20.2. The van der Waals surface area contributed by atoms with Gasteiger partial charge in [-0.25, -0.2) is 13.1 Å². The molecule has 1 aromatic carbocycles. The zero-order chi connectivity index (χ0) is 22.4. The summed E-state index contributed by atoms with van der Waals surface area (Å²) in [6.07, 6.45) is 1.78. The molecule has 0 amide bonds. The van der Waals surface area contributed by atoms with Crippen molar-refractivity contribution in [3.63, 3.8) is 0 Å². The van der Waals surface area contributed by atoms with Crippen LogP contribution in [0.2, 0.25) is 5.02 Å². The first-order valence-electron chi connectivity index (χ1n) is 9.21. The molecule has 166 valence electrons. The van der Waals surface area contributed by atoms with E-state index < -0.39 is 15.8 Å². The van der Waals surface area contributed by atoms with E-state index in [-0.39, 0.29) is 18.6 Å². The van der Waals surface area contributed by atoms with Gasteiger partial charge in [-0.05, 0) is 36.2 Å². The fraction of sp³-hybridized carbons (Fsp3) is 0.450. The van der Waals surface area contributed by atoms with Gasteiger partial charge in [0.2, 0.25) is 10.0 Å². The molecule has 0 bridgehead atoms. The minimum Gasteiger partial charge on any atom is -0.484 e. The molecule has 10 heteroatoms. The molecule has 6 nitrogen and oxygen atoms in total. The molecule has 0 unspecified atom stereocenters. The molecule has 2 aromatic rings. The van der Waals surface area contributed by atoms with Gasteiger partial charge in [-0.15, -0.1) is 22.9 Å². The van der Waals surface area contributed by atoms with Gasteiger partial charge in [-0.3, -0.25) is 4.79 Å². The Hall–Kier alpha value is -1.32. The summed E-state index contributed by atoms with van der Waals surface area (Å²) in [5, 5.41) is 1.22. The van der Waals surface area contributed by atoms with Crippen molar-refractivity contribution in [3.8, 4) is 10.8 Å². The summed E-state index contributed by atoms with van der Waals surface area (Å²) in [4.78, 5) is 12.9. The molecule has 0 aliphatic carbocycles. The molecule has 0 aliphatic rings. The van der Waals surface area contributed by atoms with Gasteiger partial charge >= 0.3 is 0 Å². The van der Waals surface area contributed by atoms with E-state index in [1.54, 1.807) is 17.4 Å². The van der Waals surface area contributed by atoms with Crippen molar-refractivity contribution in [2.24, 2.45) is 0 Å². The number of thiophene rings is 1. The summed E-state index contributed by atoms with van der Waals surface area (Å²) in [5.74, 6) is 0.526. The highest BCUT2D eigenvalue weighted by atomic mass is 35.5. The van der Waals surface area contributed by atoms with Crippen LogP contribution in [0.4, 0.5) is 0 Å². The van der Waals surface area contributed by atoms with Crippen LogP contribution in [-0.4, -0.2) is 46.1 Å². The predicted molar refractivity (Wildman–Crippen MR) is 122 cm³/mol. The molecule has 0 atom stereocenters. The second-order valence-electron chi connectivity index (χ2n) is 7.20. The Bertz CT molecular complexity index is 973. The highest BCUT2D eigenvalue weighted by molar-refractivity contribution is 7.88. The average Bonchev–Trinajstić information content (AvgIpc) is 3.15. The monoisotopic (exact) mass is 493 g/mol. The summed E-state index contributed by atoms with van der Waals surface area (Å²) in [5.41, 5.74) is 0.676. The Balaban J connectivity index is 2.03. The first-order chi connectivity index (χ1) is 14.0. The second-order valence-corrected chi connectivity index (χ2v) is 10.9. The Kier molecular flexibility index (Phi) is 8.99. The van der Waals surface area contributed by atoms with Crippen molar-refractivity contribution in [2.75, 3.05) is 31.9 Å². The number of hydrogen-bond donors (Lipinski definition) is 1. The fourth-order valence-electron chi connectivity index (χ4n) is 2.53. The van der Waals surface area contributed by atoms with E-state index in [4.69, 9.17) is 32.7 Å². The summed E-state index contributed by atoms with van der Waals surface area (Å²) < 4.78 is 35.4. The number of rotatable bonds is 12. The van der Waals surface area contributed by atoms with E-state index in [1.165, 1.54) is 0 Å². The molecular weight excluding hydrogens is 469 g/mol. The van der Waals surface area contributed by atoms with Crippen molar-refractivity contribution >= 4 is 50.3 Å². The molecule has 1 N–H and O–H groups in total. The third-order valence-corrected chi connectivity index (χ3v) is 6.85. The summed E-state index contributed by atoms with van der Waals surface area (Å²) >= 11 is 13.6. The smallest absolute Gasteiger partial charge is 0.209 e. The average molecular weight is 494 g/mol. The van der Waals surface area contributed by atoms with Gasteiger partial charge in [-0.2, -0.15) is 0 Å². The third kappa shape index (κ3) is 7.42. The van der Waals surface area contributed by atoms with Gasteiger partial charge in [0.05, 0.1) is 24.4 Å². The van der Waals surface area contributed by atoms with Crippen molar-refractivity contribution in [1.29, 1.82) is 0 Å². The van der Waals surface area contributed by atoms with Gasteiger partial charge in [0.15, 0.2) is 10.8 Å². The highest BCUT2D eigenvalue weighted by Gasteiger charge is 2.26. The molecule has 0 spiro atoms. The maximum atomic E-state index is 11.8. The molecule has 2 rings (SSSR count). The first kappa shape index (κ1) is 24.9. The maximum Gasteiger partial charge on any atom is 0.209 e. The van der Waals surface area contributed by atoms with Crippen LogP contribution in [0.25, 0.3) is 0 Å². The van der Waals surface area contributed by atoms with Crippen LogP contribution in [0.15, 0.2) is 30.3 Å². The lowest BCUT2D eigenvalue weighted by Crippen LogP contribution is -2.31. The topological polar surface area (TPSA) is 81.7 Å². The fourth-order valence-corrected chi connectivity index (χ4v) is 4.30. The Morgan fingerprint density at radius 2 is 1.93 bits per heavy atom. The number of sulfonamides is 1. The summed E-state index contributed by atoms with van der Waals surface area (Å²) in [7, 11) is -3.43. The van der Waals surface area contributed by atoms with Crippen LogP contribution < -0.4 is 14.2 Å². The number of ketones is 1. The van der Waals surface area contributed by atoms with E-state index >= 15 is 0 Å². The molecule has 1 aromatic heterocycles. The molecule has 0 saturated carbocycles. The van der Waals surface area contributed by atoms with Crippen LogP contribution in [0.1, 0.15) is 30.7 Å². The Labute approximate surface area is 191 Å². The summed E-state index contributed by atoms with van der Waals surface area (Å²) in [6.45, 7) is 4.16. The number of halogens is 2. The Morgan fingerprint density at radius 3 is 2.57 bits per heavy atom. The molecule has 0 fully saturated rings. The third-order valence-electron chi connectivity index (χ3n) is 4.29. The van der Waals surface area contributed by atoms with Crippen molar-refractivity contribution in [3.05, 3.63) is 45.8 Å². The van der Waals surface area contributed by atoms with Crippen molar-refractivity contribution in [1.82, 2.24) is 4.72 Å². The van der Waals surface area contributed by atoms with Crippen molar-refractivity contribution < 1.29 is 22.7 Å². The minimum atomic E-state index is -3.43. The van der Waals surface area contributed by atoms with Gasteiger partial charge in [0.1, 0.15) is 12.4 Å². The molecule has 1 heterocycles. The van der Waals surface area contributed by atoms with Crippen LogP contribution in [0.3, 0.4) is 0 Å². The van der Waals surface area contributed by atoms with Crippen LogP contribution in [0.5, 0.6) is 10.8 Å². The lowest BCUT2D eigenvalue weighted by atomic mass is 9.83. The number of hydrogen-bond acceptors (Lipinski definition) is 6. The van der Waals surface area contributed by atoms with E-state index in [0.717, 1.165) is 28.2 Å². The lowest BCUT2D eigenvalue weighted by Gasteiger charge is -2.24. The Morgan fingerprint density at radius 1 is 1.20 bits per heavy atom. The zero-order valence-electron chi connectivity index (χ0n) is 17.0. The largest absolute Gasteiger partial charge is 0.484 e. The molecular formula is C20H25Cl2NO5S2. The highest BCUT2D eigenvalue weighted by Crippen LogP contribution is 2.40. The number of nitrogens with one attached hydrogen (secondary N) is 1. The van der Waals surface area contributed by atoms with E-state index in [1.807, 2.05) is 24.3 Å². The number of Topliss-reactive ketones (excluding diaryl/α,β-unsaturated/α-hetero) is 1. The molecule has 30 heavy (non-hydrogen) atoms. The number of ether oxygens (including phenoxy) is 2. The number of carbonyl (C=O) groups is 1. The normalized spacial score (nSPS) is 12.0. The number of benzene rings is 1. The van der Waals surface area contributed by atoms with Gasteiger partial charge in [0.25, 0.3) is 0 Å². The SMILES string of the molecule is CC(C)(c1ccc(OCC(=O)CNS(C)(=O)=O)c(Cl)c1)c1ccc(OCCCCl)s1. The van der Waals surface area contributed by atoms with E-state index in [0.29, 0.717) is 23.3 Å². The summed E-state index contributed by atoms with van der Waals surface area (Å²) in [6, 6.07) is 9.40. The minimum absolute atomic E-state index is 0.279. The number of alkyl halides is 1. The van der Waals surface area contributed by atoms with E-state index in [9.17, 15) is 13.2 Å². The molecule has 0 radical (unpaired) electrons. The van der Waals surface area contributed by atoms with Crippen molar-refractivity contribution in [2.45, 2.75) is 25.7 Å². The quantitative estimate of drug-likeness (QED) is 0.353. The number of carbonyl (C=O) groups excluding carboxylic acids is 1. The lowest BCUT2D eigenvalue weighted by molar-refractivity contribution is -0.119. The van der Waals surface area contributed by atoms with Gasteiger partial charge in [0, 0.05) is 16.2 Å². The van der Waals surface area contributed by atoms with E-state index in [2.05, 4.69) is 18.6 Å². The van der Waals surface area contributed by atoms with Crippen LogP contribution in [-0.2, 0) is 20.2 Å². The molecule has 0 saturated heterocycles. The maximum absolute atomic E-state index is 11.8.